The molecule has 35 heavy (non-hydrogen) atoms. The number of benzene rings is 2. The van der Waals surface area contributed by atoms with Crippen molar-refractivity contribution in [1.29, 1.82) is 0 Å². The monoisotopic (exact) mass is 524 g/mol. The minimum absolute atomic E-state index is 0. The van der Waals surface area contributed by atoms with Gasteiger partial charge in [-0.1, -0.05) is 35.9 Å². The Hall–Kier alpha value is -3.40. The zero-order valence-electron chi connectivity index (χ0n) is 18.3. The number of nitrogens with one attached hydrogen (secondary N) is 2. The molecule has 0 saturated carbocycles. The van der Waals surface area contributed by atoms with Gasteiger partial charge < -0.3 is 10.6 Å². The fourth-order valence-electron chi connectivity index (χ4n) is 4.14. The van der Waals surface area contributed by atoms with Gasteiger partial charge in [0.25, 0.3) is 17.4 Å². The van der Waals surface area contributed by atoms with Crippen LogP contribution in [0.4, 0.5) is 0 Å². The third kappa shape index (κ3) is 5.17. The molecule has 2 atom stereocenters. The van der Waals surface area contributed by atoms with E-state index in [1.54, 1.807) is 42.6 Å². The van der Waals surface area contributed by atoms with Gasteiger partial charge in [-0.15, -0.1) is 11.3 Å². The van der Waals surface area contributed by atoms with Gasteiger partial charge in [0.1, 0.15) is 0 Å². The summed E-state index contributed by atoms with van der Waals surface area (Å²) in [5.74, 6) is -0.491. The molecule has 0 fully saturated rings. The van der Waals surface area contributed by atoms with Gasteiger partial charge >= 0.3 is 0 Å². The van der Waals surface area contributed by atoms with Gasteiger partial charge in [-0.25, -0.2) is 0 Å². The smallest absolute Gasteiger partial charge is 0.273 e. The maximum absolute atomic E-state index is 13.1. The Morgan fingerprint density at radius 3 is 2.49 bits per heavy atom. The van der Waals surface area contributed by atoms with Crippen LogP contribution in [-0.4, -0.2) is 27.4 Å². The number of nitrogens with zero attached hydrogens (tertiary/aromatic N) is 2. The predicted molar refractivity (Wildman–Crippen MR) is 141 cm³/mol. The third-order valence-corrected chi connectivity index (χ3v) is 6.99. The molecule has 0 spiro atoms. The molecule has 2 amide bonds. The minimum atomic E-state index is -0.384. The number of carbonyl (C=O) groups excluding carboxylic acids is 2. The van der Waals surface area contributed by atoms with Crippen molar-refractivity contribution < 1.29 is 9.59 Å². The van der Waals surface area contributed by atoms with Gasteiger partial charge in [0.05, 0.1) is 27.5 Å². The molecule has 178 valence electrons. The first-order chi connectivity index (χ1) is 16.5. The summed E-state index contributed by atoms with van der Waals surface area (Å²) in [5.41, 5.74) is 2.88. The van der Waals surface area contributed by atoms with E-state index in [-0.39, 0.29) is 43.0 Å². The lowest BCUT2D eigenvalue weighted by molar-refractivity contribution is 0.0890. The van der Waals surface area contributed by atoms with E-state index in [0.29, 0.717) is 26.9 Å². The fraction of sp³-hybridized carbons (Fsp3) is 0.120. The average molecular weight is 525 g/mol. The Morgan fingerprint density at radius 1 is 1.00 bits per heavy atom. The van der Waals surface area contributed by atoms with Crippen LogP contribution in [0.5, 0.6) is 0 Å². The van der Waals surface area contributed by atoms with Gasteiger partial charge in [-0.05, 0) is 53.9 Å². The molecule has 2 aromatic carbocycles. The van der Waals surface area contributed by atoms with Crippen molar-refractivity contribution in [2.75, 3.05) is 0 Å². The zero-order chi connectivity index (χ0) is 23.7. The standard InChI is InChI=1S/C25H19ClN4O3S.H2S/c26-21-10-9-20(34-21)25(33)28-19-13-16-3-1-2-4-18(16)23(19)29-24(32)15-5-7-17(8-6-15)30-12-11-27-14-22(30)31;/h1-12,14,19,23H,13H2,(H,28,33)(H,29,32);1H2/t19-,23+;/m1./s1. The van der Waals surface area contributed by atoms with Gasteiger partial charge in [0, 0.05) is 23.6 Å². The number of hydrogen-bond donors (Lipinski definition) is 2. The highest BCUT2D eigenvalue weighted by Gasteiger charge is 2.35. The topological polar surface area (TPSA) is 93.1 Å². The highest BCUT2D eigenvalue weighted by molar-refractivity contribution is 7.59. The first kappa shape index (κ1) is 24.7. The van der Waals surface area contributed by atoms with Crippen LogP contribution in [0.15, 0.2) is 84.0 Å². The highest BCUT2D eigenvalue weighted by atomic mass is 35.5. The zero-order valence-corrected chi connectivity index (χ0v) is 20.8. The summed E-state index contributed by atoms with van der Waals surface area (Å²) in [4.78, 5) is 42.2. The molecule has 4 aromatic rings. The van der Waals surface area contributed by atoms with Gasteiger partial charge in [0.2, 0.25) is 0 Å². The van der Waals surface area contributed by atoms with E-state index in [1.165, 1.54) is 28.3 Å². The molecule has 0 bridgehead atoms. The normalized spacial score (nSPS) is 16.1. The van der Waals surface area contributed by atoms with E-state index in [1.807, 2.05) is 24.3 Å². The van der Waals surface area contributed by atoms with E-state index in [0.717, 1.165) is 11.1 Å². The second kappa shape index (κ2) is 10.5. The van der Waals surface area contributed by atoms with Crippen molar-refractivity contribution in [3.05, 3.63) is 116 Å². The van der Waals surface area contributed by atoms with E-state index >= 15 is 0 Å². The van der Waals surface area contributed by atoms with Crippen LogP contribution >= 0.6 is 36.4 Å². The molecule has 2 aromatic heterocycles. The van der Waals surface area contributed by atoms with Crippen LogP contribution < -0.4 is 16.2 Å². The molecule has 1 aliphatic carbocycles. The molecule has 0 radical (unpaired) electrons. The van der Waals surface area contributed by atoms with Crippen molar-refractivity contribution >= 4 is 48.2 Å². The molecule has 10 heteroatoms. The molecule has 2 N–H and O–H groups in total. The van der Waals surface area contributed by atoms with Gasteiger partial charge in [-0.2, -0.15) is 13.5 Å². The lowest BCUT2D eigenvalue weighted by Crippen LogP contribution is -2.44. The number of fused-ring (bicyclic) bond motifs is 1. The molecular formula is C25H21ClN4O3S2. The number of rotatable bonds is 5. The molecule has 7 nitrogen and oxygen atoms in total. The van der Waals surface area contributed by atoms with E-state index in [4.69, 9.17) is 11.6 Å². The average Bonchev–Trinajstić information content (AvgIpc) is 3.43. The number of aromatic nitrogens is 2. The van der Waals surface area contributed by atoms with Crippen molar-refractivity contribution in [2.24, 2.45) is 0 Å². The Bertz CT molecular complexity index is 1430. The van der Waals surface area contributed by atoms with E-state index in [9.17, 15) is 14.4 Å². The first-order valence-electron chi connectivity index (χ1n) is 10.6. The molecule has 0 saturated heterocycles. The SMILES string of the molecule is O=C(N[C@H]1c2ccccc2C[C@H]1NC(=O)c1ccc(Cl)s1)c1ccc(-n2ccncc2=O)cc1.S. The van der Waals surface area contributed by atoms with Gasteiger partial charge in [-0.3, -0.25) is 23.9 Å². The largest absolute Gasteiger partial charge is 0.346 e. The van der Waals surface area contributed by atoms with Crippen LogP contribution in [-0.2, 0) is 6.42 Å². The summed E-state index contributed by atoms with van der Waals surface area (Å²) in [6.45, 7) is 0. The number of hydrogen-bond acceptors (Lipinski definition) is 5. The third-order valence-electron chi connectivity index (χ3n) is 5.76. The molecule has 5 rings (SSSR count). The van der Waals surface area contributed by atoms with Crippen LogP contribution in [0.2, 0.25) is 4.34 Å². The summed E-state index contributed by atoms with van der Waals surface area (Å²) in [6, 6.07) is 17.3. The second-order valence-corrected chi connectivity index (χ2v) is 9.58. The lowest BCUT2D eigenvalue weighted by Gasteiger charge is -2.23. The Labute approximate surface area is 217 Å². The maximum Gasteiger partial charge on any atom is 0.273 e. The number of amides is 2. The molecule has 0 aliphatic heterocycles. The quantitative estimate of drug-likeness (QED) is 0.414. The van der Waals surface area contributed by atoms with Crippen molar-refractivity contribution in [1.82, 2.24) is 20.2 Å². The van der Waals surface area contributed by atoms with Crippen molar-refractivity contribution in [3.63, 3.8) is 0 Å². The predicted octanol–water partition coefficient (Wildman–Crippen LogP) is 3.89. The Morgan fingerprint density at radius 2 is 1.77 bits per heavy atom. The van der Waals surface area contributed by atoms with Crippen LogP contribution in [0.1, 0.15) is 37.2 Å². The van der Waals surface area contributed by atoms with Crippen molar-refractivity contribution in [3.8, 4) is 5.69 Å². The lowest BCUT2D eigenvalue weighted by atomic mass is 10.1. The van der Waals surface area contributed by atoms with Crippen molar-refractivity contribution in [2.45, 2.75) is 18.5 Å². The Balaban J connectivity index is 0.00000289. The second-order valence-electron chi connectivity index (χ2n) is 7.87. The summed E-state index contributed by atoms with van der Waals surface area (Å²) in [5, 5.41) is 6.13. The van der Waals surface area contributed by atoms with Crippen LogP contribution in [0.25, 0.3) is 5.69 Å². The summed E-state index contributed by atoms with van der Waals surface area (Å²) in [7, 11) is 0. The van der Waals surface area contributed by atoms with Crippen LogP contribution in [0, 0.1) is 0 Å². The number of carbonyl (C=O) groups is 2. The molecular weight excluding hydrogens is 504 g/mol. The molecule has 0 unspecified atom stereocenters. The Kier molecular flexibility index (Phi) is 7.39. The fourth-order valence-corrected chi connectivity index (χ4v) is 5.09. The van der Waals surface area contributed by atoms with E-state index < -0.39 is 0 Å². The molecule has 1 aliphatic rings. The van der Waals surface area contributed by atoms with Gasteiger partial charge in [0.15, 0.2) is 0 Å². The summed E-state index contributed by atoms with van der Waals surface area (Å²) >= 11 is 7.19. The number of halogens is 1. The maximum atomic E-state index is 13.1. The first-order valence-corrected chi connectivity index (χ1v) is 11.8. The minimum Gasteiger partial charge on any atom is -0.346 e. The van der Waals surface area contributed by atoms with E-state index in [2.05, 4.69) is 15.6 Å². The summed E-state index contributed by atoms with van der Waals surface area (Å²) in [6.07, 6.45) is 4.94. The molecule has 2 heterocycles. The van der Waals surface area contributed by atoms with Crippen LogP contribution in [0.3, 0.4) is 0 Å². The highest BCUT2D eigenvalue weighted by Crippen LogP contribution is 2.32. The summed E-state index contributed by atoms with van der Waals surface area (Å²) < 4.78 is 1.99. The number of thiophene rings is 1.